The summed E-state index contributed by atoms with van der Waals surface area (Å²) < 4.78 is 5.89. The SMILES string of the molecule is CC(C)CC(NC(=O)c1cc(COc2ccccc2)ccc1CCC(=O)O)c1ccc(N2CCCC2)cc1. The van der Waals surface area contributed by atoms with Crippen LogP contribution in [0.2, 0.25) is 0 Å². The number of carbonyl (C=O) groups is 2. The third-order valence-corrected chi connectivity index (χ3v) is 6.95. The van der Waals surface area contributed by atoms with Gasteiger partial charge in [0.2, 0.25) is 0 Å². The number of nitrogens with zero attached hydrogens (tertiary/aromatic N) is 1. The van der Waals surface area contributed by atoms with Crippen molar-refractivity contribution in [1.29, 1.82) is 0 Å². The van der Waals surface area contributed by atoms with Crippen LogP contribution in [0.5, 0.6) is 5.75 Å². The minimum Gasteiger partial charge on any atom is -0.489 e. The number of hydrogen-bond acceptors (Lipinski definition) is 4. The van der Waals surface area contributed by atoms with Gasteiger partial charge in [0.15, 0.2) is 0 Å². The molecule has 1 fully saturated rings. The maximum atomic E-state index is 13.7. The van der Waals surface area contributed by atoms with E-state index in [1.165, 1.54) is 18.5 Å². The molecular weight excluding hydrogens is 476 g/mol. The van der Waals surface area contributed by atoms with Crippen molar-refractivity contribution in [3.05, 3.63) is 95.1 Å². The summed E-state index contributed by atoms with van der Waals surface area (Å²) in [5.74, 6) is 0.0586. The lowest BCUT2D eigenvalue weighted by molar-refractivity contribution is -0.136. The van der Waals surface area contributed by atoms with Gasteiger partial charge in [-0.1, -0.05) is 56.3 Å². The number of amides is 1. The third kappa shape index (κ3) is 7.60. The van der Waals surface area contributed by atoms with Gasteiger partial charge < -0.3 is 20.1 Å². The Morgan fingerprint density at radius 3 is 2.34 bits per heavy atom. The summed E-state index contributed by atoms with van der Waals surface area (Å²) in [6.07, 6.45) is 3.52. The van der Waals surface area contributed by atoms with E-state index in [4.69, 9.17) is 4.74 Å². The molecule has 1 unspecified atom stereocenters. The summed E-state index contributed by atoms with van der Waals surface area (Å²) in [5.41, 5.74) is 4.38. The molecular formula is C32H38N2O4. The number of hydrogen-bond donors (Lipinski definition) is 2. The van der Waals surface area contributed by atoms with Crippen molar-refractivity contribution in [2.24, 2.45) is 5.92 Å². The number of aliphatic carboxylic acids is 1. The van der Waals surface area contributed by atoms with Gasteiger partial charge in [0.25, 0.3) is 5.91 Å². The zero-order valence-electron chi connectivity index (χ0n) is 22.4. The Labute approximate surface area is 225 Å². The summed E-state index contributed by atoms with van der Waals surface area (Å²) in [7, 11) is 0. The van der Waals surface area contributed by atoms with Crippen molar-refractivity contribution in [2.75, 3.05) is 18.0 Å². The maximum absolute atomic E-state index is 13.7. The molecule has 0 spiro atoms. The second-order valence-corrected chi connectivity index (χ2v) is 10.4. The molecule has 1 atom stereocenters. The van der Waals surface area contributed by atoms with E-state index in [2.05, 4.69) is 48.3 Å². The summed E-state index contributed by atoms with van der Waals surface area (Å²) in [4.78, 5) is 27.3. The van der Waals surface area contributed by atoms with E-state index in [0.29, 0.717) is 18.1 Å². The predicted octanol–water partition coefficient (Wildman–Crippen LogP) is 6.40. The highest BCUT2D eigenvalue weighted by atomic mass is 16.5. The minimum atomic E-state index is -0.886. The van der Waals surface area contributed by atoms with Crippen LogP contribution in [0.4, 0.5) is 5.69 Å². The van der Waals surface area contributed by atoms with Crippen LogP contribution >= 0.6 is 0 Å². The number of aryl methyl sites for hydroxylation is 1. The van der Waals surface area contributed by atoms with Crippen molar-refractivity contribution in [2.45, 2.75) is 58.6 Å². The van der Waals surface area contributed by atoms with Crippen LogP contribution in [-0.2, 0) is 17.8 Å². The van der Waals surface area contributed by atoms with E-state index < -0.39 is 5.97 Å². The molecule has 1 heterocycles. The first-order chi connectivity index (χ1) is 18.4. The zero-order valence-corrected chi connectivity index (χ0v) is 22.4. The first-order valence-electron chi connectivity index (χ1n) is 13.6. The minimum absolute atomic E-state index is 0.0342. The van der Waals surface area contributed by atoms with Crippen LogP contribution in [0.25, 0.3) is 0 Å². The van der Waals surface area contributed by atoms with Gasteiger partial charge >= 0.3 is 5.97 Å². The number of anilines is 1. The molecule has 2 N–H and O–H groups in total. The van der Waals surface area contributed by atoms with Crippen molar-refractivity contribution < 1.29 is 19.4 Å². The Morgan fingerprint density at radius 1 is 0.974 bits per heavy atom. The van der Waals surface area contributed by atoms with E-state index in [0.717, 1.165) is 42.0 Å². The molecule has 38 heavy (non-hydrogen) atoms. The lowest BCUT2D eigenvalue weighted by Crippen LogP contribution is -2.30. The van der Waals surface area contributed by atoms with Gasteiger partial charge in [-0.25, -0.2) is 0 Å². The molecule has 1 aliphatic heterocycles. The molecule has 0 radical (unpaired) electrons. The number of ether oxygens (including phenoxy) is 1. The standard InChI is InChI=1S/C32H38N2O4/c1-23(2)20-30(26-12-15-27(16-13-26)34-18-6-7-19-34)33-32(37)29-21-24(10-11-25(29)14-17-31(35)36)22-38-28-8-4-3-5-9-28/h3-5,8-13,15-16,21,23,30H,6-7,14,17-20,22H2,1-2H3,(H,33,37)(H,35,36). The number of para-hydroxylation sites is 1. The van der Waals surface area contributed by atoms with Crippen LogP contribution in [0, 0.1) is 5.92 Å². The fourth-order valence-electron chi connectivity index (χ4n) is 4.95. The number of benzene rings is 3. The third-order valence-electron chi connectivity index (χ3n) is 6.95. The quantitative estimate of drug-likeness (QED) is 0.292. The predicted molar refractivity (Wildman–Crippen MR) is 151 cm³/mol. The average molecular weight is 515 g/mol. The van der Waals surface area contributed by atoms with Gasteiger partial charge in [-0.05, 0) is 78.6 Å². The molecule has 3 aromatic rings. The Balaban J connectivity index is 1.54. The Kier molecular flexibility index (Phi) is 9.41. The van der Waals surface area contributed by atoms with Crippen molar-refractivity contribution in [3.63, 3.8) is 0 Å². The Morgan fingerprint density at radius 2 is 1.68 bits per heavy atom. The van der Waals surface area contributed by atoms with E-state index in [9.17, 15) is 14.7 Å². The van der Waals surface area contributed by atoms with E-state index >= 15 is 0 Å². The molecule has 3 aromatic carbocycles. The fraction of sp³-hybridized carbons (Fsp3) is 0.375. The maximum Gasteiger partial charge on any atom is 0.303 e. The first kappa shape index (κ1) is 27.2. The number of carboxylic acid groups (broad SMARTS) is 1. The smallest absolute Gasteiger partial charge is 0.303 e. The fourth-order valence-corrected chi connectivity index (χ4v) is 4.95. The van der Waals surface area contributed by atoms with Crippen LogP contribution in [-0.4, -0.2) is 30.1 Å². The summed E-state index contributed by atoms with van der Waals surface area (Å²) >= 11 is 0. The summed E-state index contributed by atoms with van der Waals surface area (Å²) in [6.45, 7) is 6.80. The van der Waals surface area contributed by atoms with E-state index in [-0.39, 0.29) is 24.8 Å². The van der Waals surface area contributed by atoms with E-state index in [1.54, 1.807) is 0 Å². The lowest BCUT2D eigenvalue weighted by atomic mass is 9.95. The van der Waals surface area contributed by atoms with Gasteiger partial charge in [0, 0.05) is 30.8 Å². The normalized spacial score (nSPS) is 13.9. The molecule has 0 aliphatic carbocycles. The Hall–Kier alpha value is -3.80. The van der Waals surface area contributed by atoms with Gasteiger partial charge in [0.05, 0.1) is 6.04 Å². The number of nitrogens with one attached hydrogen (secondary N) is 1. The molecule has 6 heteroatoms. The largest absolute Gasteiger partial charge is 0.489 e. The average Bonchev–Trinajstić information content (AvgIpc) is 3.46. The zero-order chi connectivity index (χ0) is 26.9. The second-order valence-electron chi connectivity index (χ2n) is 10.4. The highest BCUT2D eigenvalue weighted by Crippen LogP contribution is 2.27. The summed E-state index contributed by atoms with van der Waals surface area (Å²) in [5, 5.41) is 12.5. The highest BCUT2D eigenvalue weighted by molar-refractivity contribution is 5.96. The van der Waals surface area contributed by atoms with Gasteiger partial charge in [-0.3, -0.25) is 9.59 Å². The molecule has 0 saturated carbocycles. The van der Waals surface area contributed by atoms with Gasteiger partial charge in [0.1, 0.15) is 12.4 Å². The molecule has 1 aliphatic rings. The van der Waals surface area contributed by atoms with Crippen molar-refractivity contribution >= 4 is 17.6 Å². The lowest BCUT2D eigenvalue weighted by Gasteiger charge is -2.24. The first-order valence-corrected chi connectivity index (χ1v) is 13.6. The highest BCUT2D eigenvalue weighted by Gasteiger charge is 2.21. The molecule has 1 saturated heterocycles. The molecule has 4 rings (SSSR count). The van der Waals surface area contributed by atoms with Crippen LogP contribution < -0.4 is 15.0 Å². The second kappa shape index (κ2) is 13.1. The molecule has 6 nitrogen and oxygen atoms in total. The van der Waals surface area contributed by atoms with Crippen molar-refractivity contribution in [3.8, 4) is 5.75 Å². The van der Waals surface area contributed by atoms with E-state index in [1.807, 2.05) is 48.5 Å². The van der Waals surface area contributed by atoms with Crippen LogP contribution in [0.3, 0.4) is 0 Å². The van der Waals surface area contributed by atoms with Crippen LogP contribution in [0.1, 0.15) is 72.6 Å². The molecule has 200 valence electrons. The molecule has 0 aromatic heterocycles. The summed E-state index contributed by atoms with van der Waals surface area (Å²) in [6, 6.07) is 23.5. The molecule has 0 bridgehead atoms. The van der Waals surface area contributed by atoms with Crippen molar-refractivity contribution in [1.82, 2.24) is 5.32 Å². The number of carboxylic acids is 1. The Bertz CT molecular complexity index is 1200. The monoisotopic (exact) mass is 514 g/mol. The van der Waals surface area contributed by atoms with Gasteiger partial charge in [-0.15, -0.1) is 0 Å². The number of rotatable bonds is 12. The number of carbonyl (C=O) groups excluding carboxylic acids is 1. The topological polar surface area (TPSA) is 78.9 Å². The molecule has 1 amide bonds. The van der Waals surface area contributed by atoms with Crippen LogP contribution in [0.15, 0.2) is 72.8 Å². The van der Waals surface area contributed by atoms with Gasteiger partial charge in [-0.2, -0.15) is 0 Å².